The van der Waals surface area contributed by atoms with E-state index in [1.807, 2.05) is 30.3 Å². The first-order valence-corrected chi connectivity index (χ1v) is 10.2. The molecular weight excluding hydrogens is 381 g/mol. The highest BCUT2D eigenvalue weighted by atomic mass is 32.2. The van der Waals surface area contributed by atoms with Crippen molar-refractivity contribution in [2.75, 3.05) is 19.0 Å². The van der Waals surface area contributed by atoms with Gasteiger partial charge < -0.3 is 14.4 Å². The molecule has 5 nitrogen and oxygen atoms in total. The van der Waals surface area contributed by atoms with Crippen LogP contribution in [-0.4, -0.2) is 41.8 Å². The molecule has 2 aliphatic heterocycles. The summed E-state index contributed by atoms with van der Waals surface area (Å²) in [6.45, 7) is 0.229. The lowest BCUT2D eigenvalue weighted by Gasteiger charge is -2.33. The largest absolute Gasteiger partial charge is 0.490 e. The molecule has 0 radical (unpaired) electrons. The minimum Gasteiger partial charge on any atom is -0.490 e. The number of amides is 1. The van der Waals surface area contributed by atoms with Crippen molar-refractivity contribution in [3.8, 4) is 5.75 Å². The van der Waals surface area contributed by atoms with Gasteiger partial charge in [0, 0.05) is 12.2 Å². The van der Waals surface area contributed by atoms with Crippen LogP contribution in [0.2, 0.25) is 0 Å². The fourth-order valence-electron chi connectivity index (χ4n) is 3.74. The second-order valence-electron chi connectivity index (χ2n) is 6.71. The van der Waals surface area contributed by atoms with E-state index in [4.69, 9.17) is 9.47 Å². The third-order valence-corrected chi connectivity index (χ3v) is 6.63. The zero-order chi connectivity index (χ0) is 19.6. The van der Waals surface area contributed by atoms with Crippen LogP contribution in [0.4, 0.5) is 4.39 Å². The van der Waals surface area contributed by atoms with Gasteiger partial charge in [-0.15, -0.1) is 11.8 Å². The molecule has 0 unspecified atom stereocenters. The van der Waals surface area contributed by atoms with Gasteiger partial charge in [-0.3, -0.25) is 4.79 Å². The van der Waals surface area contributed by atoms with Crippen LogP contribution >= 0.6 is 11.8 Å². The van der Waals surface area contributed by atoms with Crippen molar-refractivity contribution >= 4 is 23.6 Å². The van der Waals surface area contributed by atoms with Gasteiger partial charge in [0.2, 0.25) is 5.91 Å². The highest BCUT2D eigenvalue weighted by molar-refractivity contribution is 8.00. The third kappa shape index (κ3) is 3.46. The quantitative estimate of drug-likeness (QED) is 0.549. The van der Waals surface area contributed by atoms with E-state index >= 15 is 0 Å². The van der Waals surface area contributed by atoms with Gasteiger partial charge >= 0.3 is 5.97 Å². The van der Waals surface area contributed by atoms with E-state index in [0.29, 0.717) is 24.3 Å². The average molecular weight is 401 g/mol. The van der Waals surface area contributed by atoms with Crippen molar-refractivity contribution in [2.45, 2.75) is 23.8 Å². The van der Waals surface area contributed by atoms with Gasteiger partial charge in [0.25, 0.3) is 0 Å². The number of thioether (sulfide) groups is 1. The Morgan fingerprint density at radius 3 is 2.64 bits per heavy atom. The third-order valence-electron chi connectivity index (χ3n) is 5.03. The van der Waals surface area contributed by atoms with Crippen molar-refractivity contribution < 1.29 is 23.5 Å². The monoisotopic (exact) mass is 401 g/mol. The molecule has 2 heterocycles. The number of halogens is 1. The first-order chi connectivity index (χ1) is 13.6. The van der Waals surface area contributed by atoms with Crippen molar-refractivity contribution in [3.63, 3.8) is 0 Å². The highest BCUT2D eigenvalue weighted by Gasteiger charge is 2.57. The Labute approximate surface area is 166 Å². The zero-order valence-corrected chi connectivity index (χ0v) is 16.0. The Bertz CT molecular complexity index is 860. The molecule has 2 aromatic rings. The summed E-state index contributed by atoms with van der Waals surface area (Å²) in [6, 6.07) is 14.9. The molecule has 0 saturated carbocycles. The van der Waals surface area contributed by atoms with Crippen LogP contribution < -0.4 is 4.74 Å². The summed E-state index contributed by atoms with van der Waals surface area (Å²) in [7, 11) is 0. The van der Waals surface area contributed by atoms with E-state index in [2.05, 4.69) is 0 Å². The number of esters is 1. The molecule has 7 heteroatoms. The number of carbonyl (C=O) groups is 2. The highest BCUT2D eigenvalue weighted by Crippen LogP contribution is 2.54. The average Bonchev–Trinajstić information content (AvgIpc) is 3.26. The molecule has 0 N–H and O–H groups in total. The lowest BCUT2D eigenvalue weighted by Crippen LogP contribution is -2.46. The van der Waals surface area contributed by atoms with E-state index in [1.165, 1.54) is 24.3 Å². The predicted molar refractivity (Wildman–Crippen MR) is 103 cm³/mol. The Morgan fingerprint density at radius 2 is 1.89 bits per heavy atom. The molecule has 2 saturated heterocycles. The van der Waals surface area contributed by atoms with Gasteiger partial charge in [0.05, 0.1) is 0 Å². The zero-order valence-electron chi connectivity index (χ0n) is 15.2. The minimum absolute atomic E-state index is 0.0154. The van der Waals surface area contributed by atoms with E-state index < -0.39 is 16.9 Å². The molecule has 2 atom stereocenters. The number of nitrogens with zero attached hydrogens (tertiary/aromatic N) is 1. The van der Waals surface area contributed by atoms with Crippen LogP contribution in [0.3, 0.4) is 0 Å². The number of benzene rings is 2. The second-order valence-corrected chi connectivity index (χ2v) is 8.01. The van der Waals surface area contributed by atoms with Gasteiger partial charge in [0.15, 0.2) is 0 Å². The lowest BCUT2D eigenvalue weighted by molar-refractivity contribution is -0.154. The lowest BCUT2D eigenvalue weighted by atomic mass is 10.0. The molecule has 4 rings (SSSR count). The van der Waals surface area contributed by atoms with Gasteiger partial charge in [-0.1, -0.05) is 30.3 Å². The van der Waals surface area contributed by atoms with Crippen molar-refractivity contribution in [3.05, 3.63) is 66.0 Å². The standard InChI is InChI=1S/C21H20FNO4S/c22-16-6-8-17(9-7-16)26-12-13-27-20(25)18-14-28-21(11-10-19(24)23(18)21)15-4-2-1-3-5-15/h1-9,18H,10-14H2/t18-,21+/m0/s1. The molecule has 0 aromatic heterocycles. The first-order valence-electron chi connectivity index (χ1n) is 9.17. The SMILES string of the molecule is O=C(OCCOc1ccc(F)cc1)[C@@H]1CS[C@@]2(c3ccccc3)CCC(=O)N12. The number of carbonyl (C=O) groups excluding carboxylic acids is 2. The fraction of sp³-hybridized carbons (Fsp3) is 0.333. The summed E-state index contributed by atoms with van der Waals surface area (Å²) in [5, 5.41) is 0. The number of hydrogen-bond acceptors (Lipinski definition) is 5. The van der Waals surface area contributed by atoms with E-state index in [1.54, 1.807) is 16.7 Å². The van der Waals surface area contributed by atoms with Crippen LogP contribution in [-0.2, 0) is 19.2 Å². The van der Waals surface area contributed by atoms with Crippen LogP contribution in [0.1, 0.15) is 18.4 Å². The Balaban J connectivity index is 1.37. The topological polar surface area (TPSA) is 55.8 Å². The number of rotatable bonds is 6. The molecule has 146 valence electrons. The molecule has 0 spiro atoms. The minimum atomic E-state index is -0.592. The Kier molecular flexibility index (Phi) is 5.26. The normalized spacial score (nSPS) is 23.5. The fourth-order valence-corrected chi connectivity index (χ4v) is 5.38. The van der Waals surface area contributed by atoms with Gasteiger partial charge in [-0.05, 0) is 36.2 Å². The van der Waals surface area contributed by atoms with E-state index in [0.717, 1.165) is 5.56 Å². The van der Waals surface area contributed by atoms with Crippen LogP contribution in [0.5, 0.6) is 5.75 Å². The first kappa shape index (κ1) is 18.8. The maximum absolute atomic E-state index is 12.9. The molecule has 2 aliphatic rings. The summed E-state index contributed by atoms with van der Waals surface area (Å²) >= 11 is 1.63. The maximum Gasteiger partial charge on any atom is 0.329 e. The molecule has 1 amide bonds. The van der Waals surface area contributed by atoms with Crippen molar-refractivity contribution in [1.29, 1.82) is 0 Å². The smallest absolute Gasteiger partial charge is 0.329 e. The summed E-state index contributed by atoms with van der Waals surface area (Å²) in [6.07, 6.45) is 1.12. The van der Waals surface area contributed by atoms with Crippen LogP contribution in [0.25, 0.3) is 0 Å². The molecule has 0 bridgehead atoms. The van der Waals surface area contributed by atoms with Gasteiger partial charge in [0.1, 0.15) is 35.7 Å². The van der Waals surface area contributed by atoms with E-state index in [9.17, 15) is 14.0 Å². The summed E-state index contributed by atoms with van der Waals surface area (Å²) in [5.41, 5.74) is 1.04. The molecule has 2 fully saturated rings. The predicted octanol–water partition coefficient (Wildman–Crippen LogP) is 3.34. The van der Waals surface area contributed by atoms with Crippen molar-refractivity contribution in [2.24, 2.45) is 0 Å². The van der Waals surface area contributed by atoms with Crippen LogP contribution in [0.15, 0.2) is 54.6 Å². The van der Waals surface area contributed by atoms with Crippen molar-refractivity contribution in [1.82, 2.24) is 4.90 Å². The molecule has 2 aromatic carbocycles. The second kappa shape index (κ2) is 7.83. The number of hydrogen-bond donors (Lipinski definition) is 0. The van der Waals surface area contributed by atoms with Gasteiger partial charge in [-0.25, -0.2) is 9.18 Å². The number of fused-ring (bicyclic) bond motifs is 1. The molecule has 28 heavy (non-hydrogen) atoms. The summed E-state index contributed by atoms with van der Waals surface area (Å²) in [4.78, 5) is 26.4. The van der Waals surface area contributed by atoms with Gasteiger partial charge in [-0.2, -0.15) is 0 Å². The Hall–Kier alpha value is -2.54. The van der Waals surface area contributed by atoms with Crippen LogP contribution in [0, 0.1) is 5.82 Å². The maximum atomic E-state index is 12.9. The molecular formula is C21H20FNO4S. The summed E-state index contributed by atoms with van der Waals surface area (Å²) in [5.74, 6) is 0.251. The Morgan fingerprint density at radius 1 is 1.14 bits per heavy atom. The summed E-state index contributed by atoms with van der Waals surface area (Å²) < 4.78 is 23.7. The number of ether oxygens (including phenoxy) is 2. The molecule has 0 aliphatic carbocycles. The van der Waals surface area contributed by atoms with E-state index in [-0.39, 0.29) is 24.9 Å².